The van der Waals surface area contributed by atoms with Gasteiger partial charge in [0.05, 0.1) is 6.26 Å². The van der Waals surface area contributed by atoms with Crippen LogP contribution in [-0.2, 0) is 16.6 Å². The summed E-state index contributed by atoms with van der Waals surface area (Å²) in [6.45, 7) is 0.874. The fraction of sp³-hybridized carbons (Fsp3) is 0.533. The van der Waals surface area contributed by atoms with Gasteiger partial charge < -0.3 is 10.2 Å². The van der Waals surface area contributed by atoms with E-state index in [1.54, 1.807) is 23.1 Å². The van der Waals surface area contributed by atoms with Crippen LogP contribution < -0.4 is 10.0 Å². The molecule has 1 aliphatic heterocycles. The van der Waals surface area contributed by atoms with Crippen molar-refractivity contribution < 1.29 is 17.6 Å². The van der Waals surface area contributed by atoms with Crippen molar-refractivity contribution in [1.82, 2.24) is 14.9 Å². The summed E-state index contributed by atoms with van der Waals surface area (Å²) in [5.74, 6) is -0.360. The Bertz CT molecular complexity index is 651. The molecule has 0 aromatic heterocycles. The molecule has 1 aliphatic rings. The Morgan fingerprint density at radius 1 is 1.35 bits per heavy atom. The Labute approximate surface area is 136 Å². The first-order chi connectivity index (χ1) is 10.9. The van der Waals surface area contributed by atoms with E-state index < -0.39 is 10.0 Å². The maximum Gasteiger partial charge on any atom is 0.317 e. The summed E-state index contributed by atoms with van der Waals surface area (Å²) in [7, 11) is -3.29. The number of amides is 2. The molecular formula is C15H22FN3O3S. The molecule has 0 aliphatic carbocycles. The van der Waals surface area contributed by atoms with E-state index in [9.17, 15) is 17.6 Å². The maximum atomic E-state index is 13.6. The van der Waals surface area contributed by atoms with Gasteiger partial charge in [-0.05, 0) is 25.3 Å². The molecule has 1 saturated heterocycles. The molecule has 1 aromatic carbocycles. The van der Waals surface area contributed by atoms with E-state index >= 15 is 0 Å². The fourth-order valence-corrected chi connectivity index (χ4v) is 3.14. The van der Waals surface area contributed by atoms with Crippen LogP contribution in [0.25, 0.3) is 0 Å². The monoisotopic (exact) mass is 343 g/mol. The van der Waals surface area contributed by atoms with Crippen LogP contribution >= 0.6 is 0 Å². The summed E-state index contributed by atoms with van der Waals surface area (Å²) < 4.78 is 38.5. The summed E-state index contributed by atoms with van der Waals surface area (Å²) in [6, 6.07) is 5.80. The number of rotatable bonds is 5. The Morgan fingerprint density at radius 2 is 2.09 bits per heavy atom. The van der Waals surface area contributed by atoms with Gasteiger partial charge in [0.15, 0.2) is 0 Å². The van der Waals surface area contributed by atoms with Crippen molar-refractivity contribution in [2.45, 2.75) is 31.8 Å². The summed E-state index contributed by atoms with van der Waals surface area (Å²) in [6.07, 6.45) is 3.67. The number of urea groups is 1. The summed E-state index contributed by atoms with van der Waals surface area (Å²) >= 11 is 0. The Kier molecular flexibility index (Phi) is 5.95. The number of hydrogen-bond donors (Lipinski definition) is 2. The van der Waals surface area contributed by atoms with Crippen LogP contribution in [0.15, 0.2) is 24.3 Å². The summed E-state index contributed by atoms with van der Waals surface area (Å²) in [4.78, 5) is 14.0. The van der Waals surface area contributed by atoms with Crippen LogP contribution in [0.5, 0.6) is 0 Å². The normalized spacial score (nSPS) is 18.7. The van der Waals surface area contributed by atoms with Crippen LogP contribution in [-0.4, -0.2) is 44.7 Å². The van der Waals surface area contributed by atoms with Crippen LogP contribution in [0, 0.1) is 5.82 Å². The van der Waals surface area contributed by atoms with Crippen molar-refractivity contribution in [2.24, 2.45) is 0 Å². The second kappa shape index (κ2) is 7.74. The van der Waals surface area contributed by atoms with Crippen LogP contribution in [0.4, 0.5) is 9.18 Å². The van der Waals surface area contributed by atoms with Gasteiger partial charge in [0, 0.05) is 31.2 Å². The van der Waals surface area contributed by atoms with Crippen molar-refractivity contribution in [3.8, 4) is 0 Å². The van der Waals surface area contributed by atoms with Gasteiger partial charge in [0.1, 0.15) is 5.82 Å². The lowest BCUT2D eigenvalue weighted by Gasteiger charge is -2.35. The SMILES string of the molecule is CS(=O)(=O)NCC1CCCCN1C(=O)NCc1ccccc1F. The molecule has 2 amide bonds. The van der Waals surface area contributed by atoms with Crippen molar-refractivity contribution >= 4 is 16.1 Å². The summed E-state index contributed by atoms with van der Waals surface area (Å²) in [5.41, 5.74) is 0.420. The highest BCUT2D eigenvalue weighted by Crippen LogP contribution is 2.17. The molecule has 1 aromatic rings. The lowest BCUT2D eigenvalue weighted by molar-refractivity contribution is 0.151. The lowest BCUT2D eigenvalue weighted by Crippen LogP contribution is -2.52. The van der Waals surface area contributed by atoms with Gasteiger partial charge in [-0.3, -0.25) is 0 Å². The Morgan fingerprint density at radius 3 is 2.78 bits per heavy atom. The van der Waals surface area contributed by atoms with Gasteiger partial charge >= 0.3 is 6.03 Å². The molecule has 1 heterocycles. The number of likely N-dealkylation sites (tertiary alicyclic amines) is 1. The van der Waals surface area contributed by atoms with E-state index in [-0.39, 0.29) is 31.0 Å². The second-order valence-electron chi connectivity index (χ2n) is 5.71. The zero-order chi connectivity index (χ0) is 16.9. The maximum absolute atomic E-state index is 13.6. The topological polar surface area (TPSA) is 78.5 Å². The minimum atomic E-state index is -3.29. The Hall–Kier alpha value is -1.67. The number of piperidine rings is 1. The van der Waals surface area contributed by atoms with E-state index in [0.29, 0.717) is 12.1 Å². The number of halogens is 1. The number of nitrogens with zero attached hydrogens (tertiary/aromatic N) is 1. The minimum absolute atomic E-state index is 0.105. The lowest BCUT2D eigenvalue weighted by atomic mass is 10.0. The molecule has 128 valence electrons. The summed E-state index contributed by atoms with van der Waals surface area (Å²) in [5, 5.41) is 2.71. The molecule has 0 spiro atoms. The van der Waals surface area contributed by atoms with Gasteiger partial charge in [0.25, 0.3) is 0 Å². The molecule has 2 N–H and O–H groups in total. The Balaban J connectivity index is 1.94. The van der Waals surface area contributed by atoms with Gasteiger partial charge in [-0.2, -0.15) is 0 Å². The zero-order valence-corrected chi connectivity index (χ0v) is 13.9. The van der Waals surface area contributed by atoms with Crippen molar-refractivity contribution in [2.75, 3.05) is 19.3 Å². The molecule has 8 heteroatoms. The number of nitrogens with one attached hydrogen (secondary N) is 2. The molecule has 0 bridgehead atoms. The highest BCUT2D eigenvalue weighted by atomic mass is 32.2. The zero-order valence-electron chi connectivity index (χ0n) is 13.1. The van der Waals surface area contributed by atoms with E-state index in [1.165, 1.54) is 6.07 Å². The fourth-order valence-electron chi connectivity index (χ4n) is 2.64. The van der Waals surface area contributed by atoms with Gasteiger partial charge in [0.2, 0.25) is 10.0 Å². The molecule has 0 saturated carbocycles. The van der Waals surface area contributed by atoms with E-state index in [1.807, 2.05) is 0 Å². The first-order valence-electron chi connectivity index (χ1n) is 7.59. The average Bonchev–Trinajstić information content (AvgIpc) is 2.51. The molecule has 1 fully saturated rings. The van der Waals surface area contributed by atoms with Crippen molar-refractivity contribution in [3.63, 3.8) is 0 Å². The van der Waals surface area contributed by atoms with Crippen LogP contribution in [0.2, 0.25) is 0 Å². The predicted octanol–water partition coefficient (Wildman–Crippen LogP) is 1.44. The molecule has 2 rings (SSSR count). The number of benzene rings is 1. The van der Waals surface area contributed by atoms with Gasteiger partial charge in [-0.25, -0.2) is 22.3 Å². The number of sulfonamides is 1. The van der Waals surface area contributed by atoms with E-state index in [4.69, 9.17) is 0 Å². The number of carbonyl (C=O) groups excluding carboxylic acids is 1. The number of hydrogen-bond acceptors (Lipinski definition) is 3. The third-order valence-electron chi connectivity index (χ3n) is 3.86. The van der Waals surface area contributed by atoms with Crippen LogP contribution in [0.1, 0.15) is 24.8 Å². The highest BCUT2D eigenvalue weighted by molar-refractivity contribution is 7.88. The first kappa shape index (κ1) is 17.7. The molecule has 23 heavy (non-hydrogen) atoms. The van der Waals surface area contributed by atoms with Gasteiger partial charge in [-0.1, -0.05) is 18.2 Å². The molecule has 6 nitrogen and oxygen atoms in total. The van der Waals surface area contributed by atoms with Crippen molar-refractivity contribution in [1.29, 1.82) is 0 Å². The minimum Gasteiger partial charge on any atom is -0.334 e. The smallest absolute Gasteiger partial charge is 0.317 e. The van der Waals surface area contributed by atoms with Crippen LogP contribution in [0.3, 0.4) is 0 Å². The standard InChI is InChI=1S/C15H22FN3O3S/c1-23(21,22)18-11-13-7-4-5-9-19(13)15(20)17-10-12-6-2-3-8-14(12)16/h2-3,6,8,13,18H,4-5,7,9-11H2,1H3,(H,17,20). The molecular weight excluding hydrogens is 321 g/mol. The molecule has 0 radical (unpaired) electrons. The first-order valence-corrected chi connectivity index (χ1v) is 9.48. The highest BCUT2D eigenvalue weighted by Gasteiger charge is 2.27. The average molecular weight is 343 g/mol. The molecule has 1 atom stereocenters. The van der Waals surface area contributed by atoms with E-state index in [0.717, 1.165) is 25.5 Å². The van der Waals surface area contributed by atoms with Gasteiger partial charge in [-0.15, -0.1) is 0 Å². The van der Waals surface area contributed by atoms with Crippen molar-refractivity contribution in [3.05, 3.63) is 35.6 Å². The third-order valence-corrected chi connectivity index (χ3v) is 4.55. The number of carbonyl (C=O) groups is 1. The molecule has 1 unspecified atom stereocenters. The predicted molar refractivity (Wildman–Crippen MR) is 85.8 cm³/mol. The second-order valence-corrected chi connectivity index (χ2v) is 7.55. The quantitative estimate of drug-likeness (QED) is 0.849. The third kappa shape index (κ3) is 5.47. The van der Waals surface area contributed by atoms with E-state index in [2.05, 4.69) is 10.0 Å². The largest absolute Gasteiger partial charge is 0.334 e.